The lowest BCUT2D eigenvalue weighted by molar-refractivity contribution is 1.03. The van der Waals surface area contributed by atoms with Gasteiger partial charge in [0.2, 0.25) is 5.95 Å². The molecule has 0 spiro atoms. The largest absolute Gasteiger partial charge is 0.382 e. The van der Waals surface area contributed by atoms with Crippen LogP contribution >= 0.6 is 0 Å². The van der Waals surface area contributed by atoms with E-state index in [1.807, 2.05) is 0 Å². The summed E-state index contributed by atoms with van der Waals surface area (Å²) in [5, 5.41) is 3.09. The van der Waals surface area contributed by atoms with E-state index in [0.717, 1.165) is 24.3 Å². The number of hydrogen-bond acceptors (Lipinski definition) is 5. The van der Waals surface area contributed by atoms with Gasteiger partial charge in [-0.05, 0) is 0 Å². The number of nitrogens with zero attached hydrogens (tertiary/aromatic N) is 2. The van der Waals surface area contributed by atoms with Crippen LogP contribution in [0.25, 0.3) is 0 Å². The Morgan fingerprint density at radius 3 is 2.91 bits per heavy atom. The summed E-state index contributed by atoms with van der Waals surface area (Å²) < 4.78 is 0. The summed E-state index contributed by atoms with van der Waals surface area (Å²) in [6.07, 6.45) is 0.881. The van der Waals surface area contributed by atoms with Gasteiger partial charge in [0.15, 0.2) is 5.82 Å². The third-order valence-electron chi connectivity index (χ3n) is 1.69. The molecule has 0 amide bonds. The van der Waals surface area contributed by atoms with E-state index in [4.69, 9.17) is 11.5 Å². The van der Waals surface area contributed by atoms with Gasteiger partial charge in [0.25, 0.3) is 0 Å². The molecule has 0 atom stereocenters. The summed E-state index contributed by atoms with van der Waals surface area (Å²) in [5.74, 6) is 0.704. The molecule has 5 nitrogen and oxygen atoms in total. The van der Waals surface area contributed by atoms with Gasteiger partial charge in [-0.3, -0.25) is 0 Å². The summed E-state index contributed by atoms with van der Waals surface area (Å²) >= 11 is 0. The summed E-state index contributed by atoms with van der Waals surface area (Å²) in [6.45, 7) is 0.873. The first-order chi connectivity index (χ1) is 5.27. The lowest BCUT2D eigenvalue weighted by Crippen LogP contribution is -2.03. The van der Waals surface area contributed by atoms with Crippen LogP contribution in [0.4, 0.5) is 17.5 Å². The van der Waals surface area contributed by atoms with Crippen LogP contribution in [0, 0.1) is 0 Å². The van der Waals surface area contributed by atoms with Gasteiger partial charge in [0.05, 0.1) is 11.4 Å². The molecule has 0 unspecified atom stereocenters. The number of hydrogen-bond donors (Lipinski definition) is 3. The average molecular weight is 151 g/mol. The topological polar surface area (TPSA) is 89.8 Å². The maximum atomic E-state index is 5.58. The predicted molar refractivity (Wildman–Crippen MR) is 43.1 cm³/mol. The Morgan fingerprint density at radius 1 is 1.27 bits per heavy atom. The van der Waals surface area contributed by atoms with Crippen molar-refractivity contribution in [2.45, 2.75) is 6.42 Å². The molecule has 58 valence electrons. The van der Waals surface area contributed by atoms with Crippen molar-refractivity contribution in [3.05, 3.63) is 5.69 Å². The Kier molecular flexibility index (Phi) is 1.12. The van der Waals surface area contributed by atoms with Gasteiger partial charge in [0.1, 0.15) is 0 Å². The van der Waals surface area contributed by atoms with Crippen molar-refractivity contribution in [1.82, 2.24) is 9.97 Å². The van der Waals surface area contributed by atoms with Gasteiger partial charge in [-0.1, -0.05) is 0 Å². The van der Waals surface area contributed by atoms with Crippen molar-refractivity contribution in [2.24, 2.45) is 0 Å². The quantitative estimate of drug-likeness (QED) is 0.469. The highest BCUT2D eigenvalue weighted by Gasteiger charge is 2.15. The van der Waals surface area contributed by atoms with E-state index in [0.29, 0.717) is 5.82 Å². The van der Waals surface area contributed by atoms with Crippen LogP contribution in [0.15, 0.2) is 0 Å². The Morgan fingerprint density at radius 2 is 2.09 bits per heavy atom. The molecule has 0 saturated carbocycles. The fourth-order valence-electron chi connectivity index (χ4n) is 1.23. The third-order valence-corrected chi connectivity index (χ3v) is 1.69. The highest BCUT2D eigenvalue weighted by molar-refractivity contribution is 5.68. The van der Waals surface area contributed by atoms with E-state index in [9.17, 15) is 0 Å². The van der Waals surface area contributed by atoms with Crippen LogP contribution < -0.4 is 16.8 Å². The van der Waals surface area contributed by atoms with Crippen molar-refractivity contribution < 1.29 is 0 Å². The number of rotatable bonds is 0. The maximum absolute atomic E-state index is 5.58. The van der Waals surface area contributed by atoms with E-state index >= 15 is 0 Å². The average Bonchev–Trinajstić information content (AvgIpc) is 2.34. The monoisotopic (exact) mass is 151 g/mol. The standard InChI is InChI=1S/C6H9N5/c7-5-4-3(1-2-9-4)10-6(8)11-5/h9H,1-2H2,(H4,7,8,10,11). The molecule has 0 fully saturated rings. The molecule has 0 aromatic carbocycles. The SMILES string of the molecule is Nc1nc(N)c2c(n1)CCN2. The molecule has 1 aromatic heterocycles. The van der Waals surface area contributed by atoms with Crippen molar-refractivity contribution in [3.63, 3.8) is 0 Å². The van der Waals surface area contributed by atoms with Crippen molar-refractivity contribution in [1.29, 1.82) is 0 Å². The van der Waals surface area contributed by atoms with Crippen LogP contribution in [0.1, 0.15) is 5.69 Å². The zero-order valence-electron chi connectivity index (χ0n) is 5.96. The Hall–Kier alpha value is -1.52. The Labute approximate surface area is 63.8 Å². The first-order valence-corrected chi connectivity index (χ1v) is 3.43. The molecule has 1 aromatic rings. The molecule has 1 aliphatic heterocycles. The van der Waals surface area contributed by atoms with Crippen LogP contribution in [0.3, 0.4) is 0 Å². The van der Waals surface area contributed by atoms with Crippen LogP contribution in [-0.2, 0) is 6.42 Å². The number of nitrogen functional groups attached to an aromatic ring is 2. The second-order valence-corrected chi connectivity index (χ2v) is 2.47. The molecular weight excluding hydrogens is 142 g/mol. The molecular formula is C6H9N5. The molecule has 1 aliphatic rings. The third kappa shape index (κ3) is 0.849. The minimum absolute atomic E-state index is 0.255. The number of anilines is 3. The predicted octanol–water partition coefficient (Wildman–Crippen LogP) is -0.391. The van der Waals surface area contributed by atoms with Gasteiger partial charge in [0, 0.05) is 13.0 Å². The first kappa shape index (κ1) is 6.21. The number of fused-ring (bicyclic) bond motifs is 1. The Balaban J connectivity index is 2.60. The summed E-state index contributed by atoms with van der Waals surface area (Å²) in [6, 6.07) is 0. The fourth-order valence-corrected chi connectivity index (χ4v) is 1.23. The molecule has 5 N–H and O–H groups in total. The summed E-state index contributed by atoms with van der Waals surface area (Å²) in [7, 11) is 0. The fraction of sp³-hybridized carbons (Fsp3) is 0.333. The molecule has 11 heavy (non-hydrogen) atoms. The van der Waals surface area contributed by atoms with Crippen LogP contribution in [0.2, 0.25) is 0 Å². The minimum Gasteiger partial charge on any atom is -0.382 e. The lowest BCUT2D eigenvalue weighted by atomic mass is 10.3. The highest BCUT2D eigenvalue weighted by atomic mass is 15.1. The second-order valence-electron chi connectivity index (χ2n) is 2.47. The highest BCUT2D eigenvalue weighted by Crippen LogP contribution is 2.25. The van der Waals surface area contributed by atoms with Crippen LogP contribution in [-0.4, -0.2) is 16.5 Å². The van der Waals surface area contributed by atoms with E-state index in [2.05, 4.69) is 15.3 Å². The lowest BCUT2D eigenvalue weighted by Gasteiger charge is -2.02. The molecule has 5 heteroatoms. The van der Waals surface area contributed by atoms with Gasteiger partial charge in [-0.15, -0.1) is 0 Å². The first-order valence-electron chi connectivity index (χ1n) is 3.43. The minimum atomic E-state index is 0.255. The van der Waals surface area contributed by atoms with Gasteiger partial charge in [-0.25, -0.2) is 4.98 Å². The van der Waals surface area contributed by atoms with Gasteiger partial charge < -0.3 is 16.8 Å². The molecule has 0 bridgehead atoms. The van der Waals surface area contributed by atoms with E-state index in [-0.39, 0.29) is 5.95 Å². The smallest absolute Gasteiger partial charge is 0.222 e. The van der Waals surface area contributed by atoms with Crippen molar-refractivity contribution in [2.75, 3.05) is 23.3 Å². The summed E-state index contributed by atoms with van der Waals surface area (Å²) in [4.78, 5) is 7.87. The van der Waals surface area contributed by atoms with Gasteiger partial charge >= 0.3 is 0 Å². The molecule has 2 rings (SSSR count). The zero-order chi connectivity index (χ0) is 7.84. The summed E-state index contributed by atoms with van der Waals surface area (Å²) in [5.41, 5.74) is 12.8. The molecule has 0 saturated heterocycles. The second kappa shape index (κ2) is 1.98. The van der Waals surface area contributed by atoms with E-state index in [1.165, 1.54) is 0 Å². The molecule has 2 heterocycles. The molecule has 0 aliphatic carbocycles. The number of nitrogens with one attached hydrogen (secondary N) is 1. The normalized spacial score (nSPS) is 14.2. The zero-order valence-corrected chi connectivity index (χ0v) is 5.96. The van der Waals surface area contributed by atoms with E-state index < -0.39 is 0 Å². The van der Waals surface area contributed by atoms with Crippen molar-refractivity contribution in [3.8, 4) is 0 Å². The maximum Gasteiger partial charge on any atom is 0.222 e. The van der Waals surface area contributed by atoms with Gasteiger partial charge in [-0.2, -0.15) is 4.98 Å². The number of aromatic nitrogens is 2. The van der Waals surface area contributed by atoms with Crippen LogP contribution in [0.5, 0.6) is 0 Å². The van der Waals surface area contributed by atoms with E-state index in [1.54, 1.807) is 0 Å². The molecule has 0 radical (unpaired) electrons. The Bertz CT molecular complexity index is 295. The number of nitrogens with two attached hydrogens (primary N) is 2. The van der Waals surface area contributed by atoms with Crippen molar-refractivity contribution >= 4 is 17.5 Å².